The Morgan fingerprint density at radius 2 is 2.22 bits per heavy atom. The highest BCUT2D eigenvalue weighted by atomic mass is 16.5. The fourth-order valence-corrected chi connectivity index (χ4v) is 1.50. The third-order valence-corrected chi connectivity index (χ3v) is 2.37. The van der Waals surface area contributed by atoms with Crippen molar-refractivity contribution in [3.63, 3.8) is 0 Å². The standard InChI is InChI=1S/C7H11NO/c1-4-5(2)7-6(4)8-3-9-7/h4-5,8H,3H2,1-2H3. The Bertz CT molecular complexity index is 156. The van der Waals surface area contributed by atoms with Crippen molar-refractivity contribution in [2.45, 2.75) is 13.8 Å². The second-order valence-electron chi connectivity index (χ2n) is 2.82. The Labute approximate surface area is 54.9 Å². The lowest BCUT2D eigenvalue weighted by atomic mass is 9.80. The monoisotopic (exact) mass is 125 g/mol. The van der Waals surface area contributed by atoms with E-state index in [1.54, 1.807) is 0 Å². The minimum atomic E-state index is 0.648. The summed E-state index contributed by atoms with van der Waals surface area (Å²) >= 11 is 0. The van der Waals surface area contributed by atoms with Crippen LogP contribution in [-0.2, 0) is 4.74 Å². The molecule has 0 saturated carbocycles. The van der Waals surface area contributed by atoms with E-state index < -0.39 is 0 Å². The third kappa shape index (κ3) is 0.460. The quantitative estimate of drug-likeness (QED) is 0.522. The third-order valence-electron chi connectivity index (χ3n) is 2.37. The molecule has 2 rings (SSSR count). The van der Waals surface area contributed by atoms with Crippen LogP contribution in [0.2, 0.25) is 0 Å². The van der Waals surface area contributed by atoms with Crippen LogP contribution in [-0.4, -0.2) is 6.73 Å². The molecule has 1 aliphatic carbocycles. The van der Waals surface area contributed by atoms with E-state index in [0.717, 1.165) is 0 Å². The van der Waals surface area contributed by atoms with E-state index in [0.29, 0.717) is 18.6 Å². The number of ether oxygens (including phenoxy) is 1. The summed E-state index contributed by atoms with van der Waals surface area (Å²) in [7, 11) is 0. The van der Waals surface area contributed by atoms with E-state index in [1.807, 2.05) is 0 Å². The van der Waals surface area contributed by atoms with Crippen molar-refractivity contribution in [1.82, 2.24) is 5.32 Å². The smallest absolute Gasteiger partial charge is 0.158 e. The van der Waals surface area contributed by atoms with Gasteiger partial charge in [0.1, 0.15) is 5.76 Å². The first-order valence-electron chi connectivity index (χ1n) is 3.41. The predicted octanol–water partition coefficient (Wildman–Crippen LogP) is 1.06. The van der Waals surface area contributed by atoms with Crippen molar-refractivity contribution >= 4 is 0 Å². The van der Waals surface area contributed by atoms with Gasteiger partial charge >= 0.3 is 0 Å². The summed E-state index contributed by atoms with van der Waals surface area (Å²) < 4.78 is 5.30. The molecule has 0 fully saturated rings. The molecule has 2 atom stereocenters. The van der Waals surface area contributed by atoms with Gasteiger partial charge in [-0.25, -0.2) is 0 Å². The Morgan fingerprint density at radius 1 is 1.44 bits per heavy atom. The topological polar surface area (TPSA) is 21.3 Å². The first-order chi connectivity index (χ1) is 4.30. The molecule has 1 N–H and O–H groups in total. The van der Waals surface area contributed by atoms with Crippen molar-refractivity contribution in [1.29, 1.82) is 0 Å². The van der Waals surface area contributed by atoms with Gasteiger partial charge in [0.25, 0.3) is 0 Å². The average molecular weight is 125 g/mol. The first-order valence-corrected chi connectivity index (χ1v) is 3.41. The summed E-state index contributed by atoms with van der Waals surface area (Å²) in [5.74, 6) is 2.54. The zero-order chi connectivity index (χ0) is 6.43. The first kappa shape index (κ1) is 5.15. The SMILES string of the molecule is CC1C2=C(OCN2)C1C. The van der Waals surface area contributed by atoms with E-state index in [-0.39, 0.29) is 0 Å². The van der Waals surface area contributed by atoms with Gasteiger partial charge in [-0.3, -0.25) is 0 Å². The zero-order valence-electron chi connectivity index (χ0n) is 5.77. The molecular weight excluding hydrogens is 114 g/mol. The average Bonchev–Trinajstić information content (AvgIpc) is 2.30. The van der Waals surface area contributed by atoms with Gasteiger partial charge in [-0.15, -0.1) is 0 Å². The normalized spacial score (nSPS) is 38.9. The highest BCUT2D eigenvalue weighted by molar-refractivity contribution is 5.27. The lowest BCUT2D eigenvalue weighted by Crippen LogP contribution is -2.28. The van der Waals surface area contributed by atoms with Crippen LogP contribution in [0.5, 0.6) is 0 Å². The molecule has 0 aromatic carbocycles. The van der Waals surface area contributed by atoms with E-state index in [2.05, 4.69) is 19.2 Å². The largest absolute Gasteiger partial charge is 0.476 e. The lowest BCUT2D eigenvalue weighted by Gasteiger charge is -2.30. The Morgan fingerprint density at radius 3 is 2.89 bits per heavy atom. The van der Waals surface area contributed by atoms with Crippen molar-refractivity contribution < 1.29 is 4.74 Å². The minimum Gasteiger partial charge on any atom is -0.476 e. The van der Waals surface area contributed by atoms with Crippen LogP contribution in [0, 0.1) is 11.8 Å². The van der Waals surface area contributed by atoms with Gasteiger partial charge in [0, 0.05) is 11.8 Å². The molecular formula is C7H11NO. The van der Waals surface area contributed by atoms with Gasteiger partial charge in [-0.1, -0.05) is 13.8 Å². The second-order valence-corrected chi connectivity index (χ2v) is 2.82. The van der Waals surface area contributed by atoms with Gasteiger partial charge in [0.05, 0.1) is 5.70 Å². The molecule has 2 unspecified atom stereocenters. The maximum atomic E-state index is 5.30. The molecule has 0 amide bonds. The minimum absolute atomic E-state index is 0.648. The van der Waals surface area contributed by atoms with Gasteiger partial charge in [-0.05, 0) is 0 Å². The number of rotatable bonds is 0. The maximum Gasteiger partial charge on any atom is 0.158 e. The molecule has 50 valence electrons. The summed E-state index contributed by atoms with van der Waals surface area (Å²) in [4.78, 5) is 0. The Hall–Kier alpha value is -0.660. The highest BCUT2D eigenvalue weighted by Crippen LogP contribution is 2.41. The lowest BCUT2D eigenvalue weighted by molar-refractivity contribution is 0.181. The van der Waals surface area contributed by atoms with Crippen molar-refractivity contribution in [3.8, 4) is 0 Å². The summed E-state index contributed by atoms with van der Waals surface area (Å²) in [6.07, 6.45) is 0. The fraction of sp³-hybridized carbons (Fsp3) is 0.714. The highest BCUT2D eigenvalue weighted by Gasteiger charge is 2.38. The van der Waals surface area contributed by atoms with Crippen molar-refractivity contribution in [2.24, 2.45) is 11.8 Å². The van der Waals surface area contributed by atoms with Gasteiger partial charge in [-0.2, -0.15) is 0 Å². The molecule has 0 bridgehead atoms. The van der Waals surface area contributed by atoms with Crippen LogP contribution in [0.4, 0.5) is 0 Å². The van der Waals surface area contributed by atoms with E-state index >= 15 is 0 Å². The van der Waals surface area contributed by atoms with Gasteiger partial charge in [0.2, 0.25) is 0 Å². The summed E-state index contributed by atoms with van der Waals surface area (Å²) in [6, 6.07) is 0. The molecule has 2 aliphatic rings. The van der Waals surface area contributed by atoms with Crippen LogP contribution in [0.3, 0.4) is 0 Å². The molecule has 1 heterocycles. The van der Waals surface area contributed by atoms with Crippen LogP contribution < -0.4 is 5.32 Å². The molecule has 0 aromatic rings. The van der Waals surface area contributed by atoms with Gasteiger partial charge < -0.3 is 10.1 Å². The Kier molecular flexibility index (Phi) is 0.821. The Balaban J connectivity index is 2.26. The zero-order valence-corrected chi connectivity index (χ0v) is 5.77. The fourth-order valence-electron chi connectivity index (χ4n) is 1.50. The predicted molar refractivity (Wildman–Crippen MR) is 34.4 cm³/mol. The molecule has 1 aliphatic heterocycles. The van der Waals surface area contributed by atoms with E-state index in [1.165, 1.54) is 11.5 Å². The summed E-state index contributed by atoms with van der Waals surface area (Å²) in [6.45, 7) is 5.13. The number of hydrogen-bond donors (Lipinski definition) is 1. The number of nitrogens with one attached hydrogen (secondary N) is 1. The summed E-state index contributed by atoms with van der Waals surface area (Å²) in [5.41, 5.74) is 1.34. The van der Waals surface area contributed by atoms with Crippen molar-refractivity contribution in [3.05, 3.63) is 11.5 Å². The second kappa shape index (κ2) is 1.43. The van der Waals surface area contributed by atoms with Crippen molar-refractivity contribution in [2.75, 3.05) is 6.73 Å². The molecule has 0 spiro atoms. The summed E-state index contributed by atoms with van der Waals surface area (Å²) in [5, 5.41) is 3.19. The molecule has 2 nitrogen and oxygen atoms in total. The molecule has 0 aromatic heterocycles. The maximum absolute atomic E-state index is 5.30. The number of hydrogen-bond acceptors (Lipinski definition) is 2. The van der Waals surface area contributed by atoms with Crippen LogP contribution in [0.1, 0.15) is 13.8 Å². The molecule has 0 saturated heterocycles. The van der Waals surface area contributed by atoms with Crippen LogP contribution in [0.15, 0.2) is 11.5 Å². The molecule has 9 heavy (non-hydrogen) atoms. The van der Waals surface area contributed by atoms with Crippen LogP contribution in [0.25, 0.3) is 0 Å². The molecule has 0 radical (unpaired) electrons. The van der Waals surface area contributed by atoms with Gasteiger partial charge in [0.15, 0.2) is 6.73 Å². The molecule has 2 heteroatoms. The van der Waals surface area contributed by atoms with E-state index in [9.17, 15) is 0 Å². The van der Waals surface area contributed by atoms with E-state index in [4.69, 9.17) is 4.74 Å². The van der Waals surface area contributed by atoms with Crippen LogP contribution >= 0.6 is 0 Å². The number of allylic oxidation sites excluding steroid dienone is 2.